The number of unbranched alkanes of at least 4 members (excludes halogenated alkanes) is 1. The number of ether oxygens (including phenoxy) is 1. The van der Waals surface area contributed by atoms with Crippen molar-refractivity contribution in [2.24, 2.45) is 0 Å². The maximum absolute atomic E-state index is 13.1. The smallest absolute Gasteiger partial charge is 0.132 e. The second kappa shape index (κ2) is 10.7. The Labute approximate surface area is 220 Å². The summed E-state index contributed by atoms with van der Waals surface area (Å²) in [5.74, 6) is 1.26. The Bertz CT molecular complexity index is 1260. The fourth-order valence-corrected chi connectivity index (χ4v) is 5.91. The minimum absolute atomic E-state index is 0.185. The Hall–Kier alpha value is -3.11. The minimum atomic E-state index is -0.384. The molecule has 0 saturated heterocycles. The van der Waals surface area contributed by atoms with E-state index in [0.29, 0.717) is 11.7 Å². The van der Waals surface area contributed by atoms with Crippen LogP contribution in [0.15, 0.2) is 72.3 Å². The molecule has 0 amide bonds. The standard InChI is InChI=1S/C33H38FNO2/c1-23(9-7-8-10-24-13-15-27(34)16-14-24)26-19-30(36)32-28-22-35(21-25-11-5-4-6-12-25)18-17-29(28)33(2,3)37-31(32)20-26/h4-6,11-16,19-20,23,36H,7-10,17-18,21-22H2,1-3H3. The Morgan fingerprint density at radius 1 is 1.00 bits per heavy atom. The first-order chi connectivity index (χ1) is 17.8. The predicted molar refractivity (Wildman–Crippen MR) is 148 cm³/mol. The number of rotatable bonds is 8. The van der Waals surface area contributed by atoms with E-state index in [-0.39, 0.29) is 11.4 Å². The molecule has 0 bridgehead atoms. The lowest BCUT2D eigenvalue weighted by atomic mass is 9.80. The van der Waals surface area contributed by atoms with E-state index in [0.717, 1.165) is 68.6 Å². The van der Waals surface area contributed by atoms with Crippen LogP contribution in [0.25, 0.3) is 5.57 Å². The van der Waals surface area contributed by atoms with Crippen LogP contribution in [0.5, 0.6) is 11.5 Å². The molecule has 3 nitrogen and oxygen atoms in total. The third kappa shape index (κ3) is 5.75. The van der Waals surface area contributed by atoms with Crippen molar-refractivity contribution in [2.75, 3.05) is 13.1 Å². The zero-order valence-corrected chi connectivity index (χ0v) is 22.3. The van der Waals surface area contributed by atoms with Crippen molar-refractivity contribution in [3.8, 4) is 11.5 Å². The van der Waals surface area contributed by atoms with Crippen LogP contribution in [0.4, 0.5) is 4.39 Å². The highest BCUT2D eigenvalue weighted by Gasteiger charge is 2.39. The maximum atomic E-state index is 13.1. The van der Waals surface area contributed by atoms with Crippen molar-refractivity contribution < 1.29 is 14.2 Å². The summed E-state index contributed by atoms with van der Waals surface area (Å²) in [6.07, 6.45) is 5.06. The van der Waals surface area contributed by atoms with E-state index in [1.807, 2.05) is 18.2 Å². The summed E-state index contributed by atoms with van der Waals surface area (Å²) in [6, 6.07) is 21.5. The number of phenols is 1. The second-order valence-electron chi connectivity index (χ2n) is 11.2. The minimum Gasteiger partial charge on any atom is -0.507 e. The Morgan fingerprint density at radius 3 is 2.51 bits per heavy atom. The lowest BCUT2D eigenvalue weighted by Crippen LogP contribution is -2.42. The van der Waals surface area contributed by atoms with Crippen LogP contribution in [0.2, 0.25) is 0 Å². The molecule has 1 unspecified atom stereocenters. The van der Waals surface area contributed by atoms with Crippen molar-refractivity contribution in [3.05, 3.63) is 100 Å². The van der Waals surface area contributed by atoms with Gasteiger partial charge in [0.05, 0.1) is 5.56 Å². The van der Waals surface area contributed by atoms with Crippen molar-refractivity contribution in [1.29, 1.82) is 0 Å². The molecule has 0 radical (unpaired) electrons. The number of halogens is 1. The maximum Gasteiger partial charge on any atom is 0.132 e. The molecule has 4 heteroatoms. The van der Waals surface area contributed by atoms with Crippen LogP contribution in [-0.4, -0.2) is 28.7 Å². The van der Waals surface area contributed by atoms with Gasteiger partial charge in [0, 0.05) is 19.6 Å². The molecule has 3 aromatic rings. The average molecular weight is 500 g/mol. The number of hydrogen-bond donors (Lipinski definition) is 1. The van der Waals surface area contributed by atoms with Gasteiger partial charge in [0.15, 0.2) is 0 Å². The summed E-state index contributed by atoms with van der Waals surface area (Å²) in [7, 11) is 0. The Balaban J connectivity index is 1.29. The largest absolute Gasteiger partial charge is 0.507 e. The summed E-state index contributed by atoms with van der Waals surface area (Å²) >= 11 is 0. The van der Waals surface area contributed by atoms with Gasteiger partial charge in [-0.05, 0) is 97.6 Å². The van der Waals surface area contributed by atoms with E-state index in [1.54, 1.807) is 0 Å². The van der Waals surface area contributed by atoms with Crippen molar-refractivity contribution in [3.63, 3.8) is 0 Å². The highest BCUT2D eigenvalue weighted by Crippen LogP contribution is 2.49. The van der Waals surface area contributed by atoms with Crippen LogP contribution < -0.4 is 4.74 Å². The van der Waals surface area contributed by atoms with Gasteiger partial charge in [-0.2, -0.15) is 0 Å². The molecule has 0 fully saturated rings. The number of nitrogens with zero attached hydrogens (tertiary/aromatic N) is 1. The van der Waals surface area contributed by atoms with Crippen molar-refractivity contribution >= 4 is 5.57 Å². The Kier molecular flexibility index (Phi) is 7.39. The van der Waals surface area contributed by atoms with Gasteiger partial charge in [-0.3, -0.25) is 4.90 Å². The zero-order valence-electron chi connectivity index (χ0n) is 22.3. The molecule has 2 aliphatic rings. The zero-order chi connectivity index (χ0) is 26.0. The van der Waals surface area contributed by atoms with E-state index >= 15 is 0 Å². The van der Waals surface area contributed by atoms with E-state index in [4.69, 9.17) is 4.74 Å². The van der Waals surface area contributed by atoms with E-state index in [9.17, 15) is 9.50 Å². The molecule has 0 aromatic heterocycles. The molecule has 0 aliphatic carbocycles. The highest BCUT2D eigenvalue weighted by molar-refractivity contribution is 5.82. The molecule has 194 valence electrons. The summed E-state index contributed by atoms with van der Waals surface area (Å²) < 4.78 is 19.7. The van der Waals surface area contributed by atoms with Crippen LogP contribution in [0.3, 0.4) is 0 Å². The van der Waals surface area contributed by atoms with Crippen LogP contribution in [0, 0.1) is 5.82 Å². The molecule has 0 saturated carbocycles. The van der Waals surface area contributed by atoms with E-state index in [1.165, 1.54) is 34.4 Å². The van der Waals surface area contributed by atoms with Gasteiger partial charge < -0.3 is 9.84 Å². The second-order valence-corrected chi connectivity index (χ2v) is 11.2. The van der Waals surface area contributed by atoms with Crippen LogP contribution in [0.1, 0.15) is 74.6 Å². The molecular formula is C33H38FNO2. The lowest BCUT2D eigenvalue weighted by Gasteiger charge is -2.42. The lowest BCUT2D eigenvalue weighted by molar-refractivity contribution is 0.129. The molecule has 0 spiro atoms. The quantitative estimate of drug-likeness (QED) is 0.320. The number of benzene rings is 3. The van der Waals surface area contributed by atoms with Gasteiger partial charge in [-0.25, -0.2) is 4.39 Å². The first-order valence-electron chi connectivity index (χ1n) is 13.6. The van der Waals surface area contributed by atoms with Gasteiger partial charge >= 0.3 is 0 Å². The van der Waals surface area contributed by atoms with Crippen LogP contribution in [-0.2, 0) is 13.0 Å². The van der Waals surface area contributed by atoms with Crippen molar-refractivity contribution in [2.45, 2.75) is 70.9 Å². The van der Waals surface area contributed by atoms with Gasteiger partial charge in [0.1, 0.15) is 22.9 Å². The molecule has 1 N–H and O–H groups in total. The first-order valence-corrected chi connectivity index (χ1v) is 13.6. The number of hydrogen-bond acceptors (Lipinski definition) is 3. The third-order valence-electron chi connectivity index (χ3n) is 8.01. The van der Waals surface area contributed by atoms with Gasteiger partial charge in [-0.15, -0.1) is 0 Å². The summed E-state index contributed by atoms with van der Waals surface area (Å²) in [4.78, 5) is 2.47. The van der Waals surface area contributed by atoms with Crippen molar-refractivity contribution in [1.82, 2.24) is 4.90 Å². The van der Waals surface area contributed by atoms with Crippen LogP contribution >= 0.6 is 0 Å². The molecule has 3 aromatic carbocycles. The SMILES string of the molecule is CC(CCCCc1ccc(F)cc1)c1cc(O)c2c(c1)OC(C)(C)C1=C2CN(Cc2ccccc2)CC1. The molecule has 1 atom stereocenters. The molecule has 5 rings (SSSR count). The monoisotopic (exact) mass is 499 g/mol. The number of aryl methyl sites for hydroxylation is 1. The topological polar surface area (TPSA) is 32.7 Å². The molecular weight excluding hydrogens is 461 g/mol. The van der Waals surface area contributed by atoms with E-state index in [2.05, 4.69) is 62.1 Å². The number of phenolic OH excluding ortho intramolecular Hbond substituents is 1. The average Bonchev–Trinajstić information content (AvgIpc) is 2.87. The molecule has 2 aliphatic heterocycles. The number of aromatic hydroxyl groups is 1. The highest BCUT2D eigenvalue weighted by atomic mass is 19.1. The Morgan fingerprint density at radius 2 is 1.76 bits per heavy atom. The summed E-state index contributed by atoms with van der Waals surface area (Å²) in [5, 5.41) is 11.3. The van der Waals surface area contributed by atoms with Gasteiger partial charge in [0.2, 0.25) is 0 Å². The van der Waals surface area contributed by atoms with Gasteiger partial charge in [-0.1, -0.05) is 55.8 Å². The number of fused-ring (bicyclic) bond motifs is 2. The first kappa shape index (κ1) is 25.5. The molecule has 2 heterocycles. The molecule has 37 heavy (non-hydrogen) atoms. The summed E-state index contributed by atoms with van der Waals surface area (Å²) in [6.45, 7) is 9.24. The normalized spacial score (nSPS) is 17.6. The predicted octanol–water partition coefficient (Wildman–Crippen LogP) is 7.88. The van der Waals surface area contributed by atoms with E-state index < -0.39 is 0 Å². The van der Waals surface area contributed by atoms with Gasteiger partial charge in [0.25, 0.3) is 0 Å². The summed E-state index contributed by atoms with van der Waals surface area (Å²) in [5.41, 5.74) is 6.63. The fourth-order valence-electron chi connectivity index (χ4n) is 5.91. The fraction of sp³-hybridized carbons (Fsp3) is 0.394. The third-order valence-corrected chi connectivity index (χ3v) is 8.01.